The van der Waals surface area contributed by atoms with Gasteiger partial charge in [-0.05, 0) is 43.1 Å². The highest BCUT2D eigenvalue weighted by Crippen LogP contribution is 2.18. The van der Waals surface area contributed by atoms with E-state index in [1.807, 2.05) is 12.1 Å². The van der Waals surface area contributed by atoms with Gasteiger partial charge in [-0.3, -0.25) is 14.6 Å². The minimum Gasteiger partial charge on any atom is -0.294 e. The first kappa shape index (κ1) is 15.4. The van der Waals surface area contributed by atoms with Gasteiger partial charge in [0.05, 0.1) is 6.54 Å². The van der Waals surface area contributed by atoms with E-state index >= 15 is 0 Å². The molecule has 0 bridgehead atoms. The second-order valence-electron chi connectivity index (χ2n) is 5.54. The Bertz CT molecular complexity index is 465. The molecule has 110 valence electrons. The first-order valence-corrected chi connectivity index (χ1v) is 7.24. The summed E-state index contributed by atoms with van der Waals surface area (Å²) in [6.45, 7) is 7.04. The van der Waals surface area contributed by atoms with Crippen LogP contribution in [-0.4, -0.2) is 46.8 Å². The predicted octanol–water partition coefficient (Wildman–Crippen LogP) is 2.49. The molecule has 1 aromatic carbocycles. The zero-order valence-electron chi connectivity index (χ0n) is 11.9. The molecule has 0 saturated carbocycles. The Balaban J connectivity index is 1.97. The molecule has 5 heteroatoms. The normalized spacial score (nSPS) is 24.8. The minimum absolute atomic E-state index is 0.208. The van der Waals surface area contributed by atoms with Crippen LogP contribution >= 0.6 is 11.6 Å². The molecule has 1 heterocycles. The van der Waals surface area contributed by atoms with Gasteiger partial charge in [0.1, 0.15) is 5.82 Å². The monoisotopic (exact) mass is 298 g/mol. The van der Waals surface area contributed by atoms with Gasteiger partial charge in [0.15, 0.2) is 0 Å². The molecular weight excluding hydrogens is 279 g/mol. The molecular formula is C15H20ClFN2O. The summed E-state index contributed by atoms with van der Waals surface area (Å²) < 4.78 is 12.9. The van der Waals surface area contributed by atoms with E-state index in [2.05, 4.69) is 23.6 Å². The number of piperazine rings is 1. The summed E-state index contributed by atoms with van der Waals surface area (Å²) in [5.74, 6) is -0.208. The Morgan fingerprint density at radius 2 is 1.75 bits per heavy atom. The van der Waals surface area contributed by atoms with Crippen molar-refractivity contribution in [3.63, 3.8) is 0 Å². The van der Waals surface area contributed by atoms with Gasteiger partial charge < -0.3 is 0 Å². The van der Waals surface area contributed by atoms with Crippen molar-refractivity contribution in [3.05, 3.63) is 35.6 Å². The van der Waals surface area contributed by atoms with E-state index in [9.17, 15) is 9.18 Å². The predicted molar refractivity (Wildman–Crippen MR) is 78.2 cm³/mol. The van der Waals surface area contributed by atoms with E-state index in [0.717, 1.165) is 25.2 Å². The third kappa shape index (κ3) is 4.01. The maximum Gasteiger partial charge on any atom is 0.235 e. The first-order valence-electron chi connectivity index (χ1n) is 6.86. The summed E-state index contributed by atoms with van der Waals surface area (Å²) in [5, 5.41) is -0.309. The zero-order valence-corrected chi connectivity index (χ0v) is 12.6. The number of carbonyl (C=O) groups is 1. The fourth-order valence-corrected chi connectivity index (χ4v) is 2.85. The molecule has 2 rings (SSSR count). The summed E-state index contributed by atoms with van der Waals surface area (Å²) in [5.41, 5.74) is 1.10. The Kier molecular flexibility index (Phi) is 5.13. The standard InChI is InChI=1S/C15H20ClFN2O/c1-11-8-19(10-15(16)20)12(2)7-18(11)9-13-3-5-14(17)6-4-13/h3-6,11-12H,7-10H2,1-2H3/t11-,12+/m0/s1. The summed E-state index contributed by atoms with van der Waals surface area (Å²) in [6.07, 6.45) is 0. The highest BCUT2D eigenvalue weighted by molar-refractivity contribution is 6.64. The lowest BCUT2D eigenvalue weighted by Crippen LogP contribution is -2.56. The van der Waals surface area contributed by atoms with Crippen LogP contribution in [0.25, 0.3) is 0 Å². The van der Waals surface area contributed by atoms with Crippen LogP contribution in [0.3, 0.4) is 0 Å². The second-order valence-corrected chi connectivity index (χ2v) is 5.96. The average molecular weight is 299 g/mol. The van der Waals surface area contributed by atoms with Gasteiger partial charge in [-0.25, -0.2) is 4.39 Å². The molecule has 0 amide bonds. The quantitative estimate of drug-likeness (QED) is 0.798. The molecule has 1 saturated heterocycles. The number of carbonyl (C=O) groups excluding carboxylic acids is 1. The van der Waals surface area contributed by atoms with Crippen molar-refractivity contribution in [1.82, 2.24) is 9.80 Å². The fraction of sp³-hybridized carbons (Fsp3) is 0.533. The Morgan fingerprint density at radius 3 is 2.35 bits per heavy atom. The molecule has 3 nitrogen and oxygen atoms in total. The van der Waals surface area contributed by atoms with E-state index in [1.54, 1.807) is 0 Å². The maximum atomic E-state index is 12.9. The van der Waals surface area contributed by atoms with Crippen LogP contribution in [0.2, 0.25) is 0 Å². The zero-order chi connectivity index (χ0) is 14.7. The summed E-state index contributed by atoms with van der Waals surface area (Å²) in [6, 6.07) is 7.25. The molecule has 0 aromatic heterocycles. The number of hydrogen-bond acceptors (Lipinski definition) is 3. The molecule has 1 aliphatic rings. The Labute approximate surface area is 124 Å². The third-order valence-corrected chi connectivity index (χ3v) is 3.99. The Hall–Kier alpha value is -0.970. The number of halogens is 2. The van der Waals surface area contributed by atoms with Gasteiger partial charge in [0.25, 0.3) is 0 Å². The minimum atomic E-state index is -0.309. The first-order chi connectivity index (χ1) is 9.45. The topological polar surface area (TPSA) is 23.6 Å². The Morgan fingerprint density at radius 1 is 1.20 bits per heavy atom. The van der Waals surface area contributed by atoms with Crippen molar-refractivity contribution in [1.29, 1.82) is 0 Å². The molecule has 0 radical (unpaired) electrons. The lowest BCUT2D eigenvalue weighted by atomic mass is 10.1. The van der Waals surface area contributed by atoms with Crippen LogP contribution in [0.4, 0.5) is 4.39 Å². The highest BCUT2D eigenvalue weighted by Gasteiger charge is 2.29. The van der Waals surface area contributed by atoms with Crippen molar-refractivity contribution in [2.45, 2.75) is 32.5 Å². The lowest BCUT2D eigenvalue weighted by molar-refractivity contribution is -0.114. The van der Waals surface area contributed by atoms with Crippen molar-refractivity contribution in [2.24, 2.45) is 0 Å². The van der Waals surface area contributed by atoms with Crippen molar-refractivity contribution in [2.75, 3.05) is 19.6 Å². The average Bonchev–Trinajstić information content (AvgIpc) is 2.37. The molecule has 0 spiro atoms. The third-order valence-electron chi connectivity index (χ3n) is 3.87. The smallest absolute Gasteiger partial charge is 0.235 e. The molecule has 1 aromatic rings. The van der Waals surface area contributed by atoms with Gasteiger partial charge in [-0.1, -0.05) is 12.1 Å². The molecule has 2 atom stereocenters. The van der Waals surface area contributed by atoms with Crippen molar-refractivity contribution >= 4 is 16.8 Å². The lowest BCUT2D eigenvalue weighted by Gasteiger charge is -2.43. The summed E-state index contributed by atoms with van der Waals surface area (Å²) in [7, 11) is 0. The van der Waals surface area contributed by atoms with Crippen molar-refractivity contribution < 1.29 is 9.18 Å². The fourth-order valence-electron chi connectivity index (χ4n) is 2.69. The van der Waals surface area contributed by atoms with Crippen LogP contribution in [0.5, 0.6) is 0 Å². The number of benzene rings is 1. The van der Waals surface area contributed by atoms with Crippen molar-refractivity contribution in [3.8, 4) is 0 Å². The van der Waals surface area contributed by atoms with Gasteiger partial charge >= 0.3 is 0 Å². The van der Waals surface area contributed by atoms with Gasteiger partial charge in [0, 0.05) is 31.7 Å². The van der Waals surface area contributed by atoms with Crippen LogP contribution < -0.4 is 0 Å². The highest BCUT2D eigenvalue weighted by atomic mass is 35.5. The van der Waals surface area contributed by atoms with E-state index in [1.165, 1.54) is 12.1 Å². The summed E-state index contributed by atoms with van der Waals surface area (Å²) >= 11 is 5.48. The van der Waals surface area contributed by atoms with Gasteiger partial charge in [-0.15, -0.1) is 0 Å². The molecule has 0 unspecified atom stereocenters. The van der Waals surface area contributed by atoms with Crippen LogP contribution in [0, 0.1) is 5.82 Å². The molecule has 0 N–H and O–H groups in total. The van der Waals surface area contributed by atoms with Gasteiger partial charge in [-0.2, -0.15) is 0 Å². The number of rotatable bonds is 4. The van der Waals surface area contributed by atoms with Crippen LogP contribution in [0.15, 0.2) is 24.3 Å². The SMILES string of the molecule is C[C@@H]1CN(Cc2ccc(F)cc2)[C@@H](C)CN1CC(=O)Cl. The van der Waals surface area contributed by atoms with Crippen LogP contribution in [0.1, 0.15) is 19.4 Å². The van der Waals surface area contributed by atoms with E-state index < -0.39 is 0 Å². The molecule has 20 heavy (non-hydrogen) atoms. The maximum absolute atomic E-state index is 12.9. The van der Waals surface area contributed by atoms with Gasteiger partial charge in [0.2, 0.25) is 5.24 Å². The van der Waals surface area contributed by atoms with E-state index in [-0.39, 0.29) is 17.1 Å². The summed E-state index contributed by atoms with van der Waals surface area (Å²) in [4.78, 5) is 15.5. The van der Waals surface area contributed by atoms with Crippen LogP contribution in [-0.2, 0) is 11.3 Å². The second kappa shape index (κ2) is 6.66. The molecule has 0 aliphatic carbocycles. The number of nitrogens with zero attached hydrogens (tertiary/aromatic N) is 2. The van der Waals surface area contributed by atoms with E-state index in [0.29, 0.717) is 12.6 Å². The number of hydrogen-bond donors (Lipinski definition) is 0. The van der Waals surface area contributed by atoms with E-state index in [4.69, 9.17) is 11.6 Å². The largest absolute Gasteiger partial charge is 0.294 e. The molecule has 1 aliphatic heterocycles. The molecule has 1 fully saturated rings.